The van der Waals surface area contributed by atoms with Crippen LogP contribution >= 0.6 is 46.9 Å². The SMILES string of the molecule is Nc1nc(/C(=N/O)C(=O)NC2C(=O)N3C(C([O-])=S)=C(CCNS(=O)(=O)CCl)CS[C@H]23)cs1.[Na+]. The van der Waals surface area contributed by atoms with Crippen molar-refractivity contribution in [1.82, 2.24) is 19.9 Å². The maximum Gasteiger partial charge on any atom is 1.00 e. The number of hydrogen-bond donors (Lipinski definition) is 4. The Morgan fingerprint density at radius 2 is 2.21 bits per heavy atom. The largest absolute Gasteiger partial charge is 1.00 e. The van der Waals surface area contributed by atoms with E-state index < -0.39 is 49.2 Å². The number of fused-ring (bicyclic) bond motifs is 1. The fourth-order valence-corrected chi connectivity index (χ4v) is 5.98. The Morgan fingerprint density at radius 3 is 2.76 bits per heavy atom. The molecule has 0 aliphatic carbocycles. The molecule has 2 aliphatic rings. The number of rotatable bonds is 9. The number of nitrogens with zero attached hydrogens (tertiary/aromatic N) is 3. The van der Waals surface area contributed by atoms with Gasteiger partial charge in [0.1, 0.15) is 22.3 Å². The molecular formula is C15H16ClN6NaO6S4. The number of thiazole rings is 1. The van der Waals surface area contributed by atoms with Crippen LogP contribution in [0.1, 0.15) is 12.1 Å². The van der Waals surface area contributed by atoms with E-state index in [-0.39, 0.29) is 59.0 Å². The predicted molar refractivity (Wildman–Crippen MR) is 122 cm³/mol. The van der Waals surface area contributed by atoms with Gasteiger partial charge in [0.2, 0.25) is 10.0 Å². The first kappa shape index (κ1) is 28.3. The Bertz CT molecular complexity index is 1130. The normalized spacial score (nSPS) is 20.6. The number of halogens is 1. The maximum atomic E-state index is 12.7. The fraction of sp³-hybridized carbons (Fsp3) is 0.400. The van der Waals surface area contributed by atoms with Crippen LogP contribution in [0.15, 0.2) is 21.8 Å². The number of sulfonamides is 1. The van der Waals surface area contributed by atoms with Crippen molar-refractivity contribution in [1.29, 1.82) is 0 Å². The second kappa shape index (κ2) is 11.6. The van der Waals surface area contributed by atoms with Crippen molar-refractivity contribution >= 4 is 84.6 Å². The second-order valence-corrected chi connectivity index (χ2v) is 11.2. The molecule has 2 amide bonds. The summed E-state index contributed by atoms with van der Waals surface area (Å²) in [5.41, 5.74) is 5.69. The molecule has 0 bridgehead atoms. The summed E-state index contributed by atoms with van der Waals surface area (Å²) in [7, 11) is -3.63. The number of carbonyl (C=O) groups excluding carboxylic acids is 2. The van der Waals surface area contributed by atoms with Crippen molar-refractivity contribution < 1.29 is 57.9 Å². The standard InChI is InChI=1S/C15H17ClN6O6S4.Na/c16-5-32(27,28)18-2-1-6-3-30-13-9(12(24)22(13)10(6)14(25)29)20-11(23)8(21-26)7-4-31-15(17)19-7;/h4,9,13,18,26H,1-3,5H2,(H2,17,19)(H,20,23)(H,25,29);/q;+1/p-1/b21-8-;/t9?,13-;/m1./s1. The zero-order valence-corrected chi connectivity index (χ0v) is 23.0. The molecule has 2 aliphatic heterocycles. The van der Waals surface area contributed by atoms with Crippen molar-refractivity contribution in [2.75, 3.05) is 23.2 Å². The van der Waals surface area contributed by atoms with Crippen LogP contribution in [0.4, 0.5) is 5.13 Å². The third-order valence-electron chi connectivity index (χ3n) is 4.50. The molecule has 0 spiro atoms. The van der Waals surface area contributed by atoms with Crippen LogP contribution in [-0.2, 0) is 19.6 Å². The van der Waals surface area contributed by atoms with E-state index in [0.29, 0.717) is 11.3 Å². The van der Waals surface area contributed by atoms with Gasteiger partial charge in [-0.1, -0.05) is 17.4 Å². The minimum Gasteiger partial charge on any atom is -0.863 e. The number of nitrogens with one attached hydrogen (secondary N) is 2. The molecule has 33 heavy (non-hydrogen) atoms. The molecule has 3 heterocycles. The maximum absolute atomic E-state index is 12.7. The van der Waals surface area contributed by atoms with Crippen molar-refractivity contribution in [2.24, 2.45) is 5.16 Å². The monoisotopic (exact) mass is 562 g/mol. The summed E-state index contributed by atoms with van der Waals surface area (Å²) in [6.07, 6.45) is 0.154. The van der Waals surface area contributed by atoms with Gasteiger partial charge in [-0.3, -0.25) is 14.5 Å². The molecule has 0 saturated carbocycles. The summed E-state index contributed by atoms with van der Waals surface area (Å²) < 4.78 is 25.2. The Balaban J connectivity index is 0.00000385. The topological polar surface area (TPSA) is 190 Å². The third kappa shape index (κ3) is 6.18. The van der Waals surface area contributed by atoms with E-state index >= 15 is 0 Å². The minimum atomic E-state index is -3.63. The van der Waals surface area contributed by atoms with Crippen LogP contribution in [0.2, 0.25) is 0 Å². The molecule has 1 unspecified atom stereocenters. The van der Waals surface area contributed by atoms with E-state index in [1.54, 1.807) is 0 Å². The number of oxime groups is 1. The van der Waals surface area contributed by atoms with Gasteiger partial charge in [0.25, 0.3) is 11.8 Å². The minimum absolute atomic E-state index is 0. The zero-order chi connectivity index (χ0) is 23.6. The van der Waals surface area contributed by atoms with Gasteiger partial charge in [-0.25, -0.2) is 18.1 Å². The van der Waals surface area contributed by atoms with Gasteiger partial charge in [0, 0.05) is 23.4 Å². The number of nitrogens with two attached hydrogens (primary N) is 1. The Hall–Kier alpha value is -0.980. The fourth-order valence-electron chi connectivity index (χ4n) is 3.08. The number of β-lactam (4-membered cyclic amide) rings is 1. The number of thiocarbonyl (C=S) groups is 1. The zero-order valence-electron chi connectivity index (χ0n) is 17.0. The van der Waals surface area contributed by atoms with Crippen LogP contribution in [0.3, 0.4) is 0 Å². The molecule has 1 fully saturated rings. The van der Waals surface area contributed by atoms with Crippen LogP contribution in [0.5, 0.6) is 0 Å². The number of alkyl halides is 1. The molecular weight excluding hydrogens is 547 g/mol. The number of carbonyl (C=O) groups is 2. The van der Waals surface area contributed by atoms with E-state index in [1.165, 1.54) is 22.0 Å². The van der Waals surface area contributed by atoms with Gasteiger partial charge in [-0.2, -0.15) is 0 Å². The average Bonchev–Trinajstić information content (AvgIpc) is 3.17. The summed E-state index contributed by atoms with van der Waals surface area (Å²) in [6, 6.07) is -0.985. The summed E-state index contributed by atoms with van der Waals surface area (Å²) in [5, 5.41) is 26.3. The number of anilines is 1. The summed E-state index contributed by atoms with van der Waals surface area (Å²) in [6.45, 7) is -0.0168. The van der Waals surface area contributed by atoms with Crippen LogP contribution in [0, 0.1) is 0 Å². The van der Waals surface area contributed by atoms with Crippen molar-refractivity contribution in [2.45, 2.75) is 17.8 Å². The molecule has 0 aromatic carbocycles. The van der Waals surface area contributed by atoms with Gasteiger partial charge >= 0.3 is 29.6 Å². The van der Waals surface area contributed by atoms with E-state index in [9.17, 15) is 28.3 Å². The molecule has 3 rings (SSSR count). The van der Waals surface area contributed by atoms with Gasteiger partial charge in [-0.15, -0.1) is 34.7 Å². The molecule has 5 N–H and O–H groups in total. The molecule has 1 saturated heterocycles. The summed E-state index contributed by atoms with van der Waals surface area (Å²) >= 11 is 12.4. The van der Waals surface area contributed by atoms with Crippen molar-refractivity contribution in [3.63, 3.8) is 0 Å². The van der Waals surface area contributed by atoms with Crippen LogP contribution in [-0.4, -0.2) is 75.0 Å². The number of thioether (sulfide) groups is 1. The number of nitrogen functional groups attached to an aromatic ring is 1. The van der Waals surface area contributed by atoms with Gasteiger partial charge in [0.15, 0.2) is 10.8 Å². The first-order valence-electron chi connectivity index (χ1n) is 8.75. The van der Waals surface area contributed by atoms with E-state index in [1.807, 2.05) is 0 Å². The Morgan fingerprint density at radius 1 is 1.52 bits per heavy atom. The summed E-state index contributed by atoms with van der Waals surface area (Å²) in [5.74, 6) is -1.12. The smallest absolute Gasteiger partial charge is 0.863 e. The number of amides is 2. The Kier molecular flexibility index (Phi) is 9.96. The number of hydrogen-bond acceptors (Lipinski definition) is 12. The number of aromatic nitrogens is 1. The Labute approximate surface area is 229 Å². The first-order chi connectivity index (χ1) is 15.1. The summed E-state index contributed by atoms with van der Waals surface area (Å²) in [4.78, 5) is 30.3. The van der Waals surface area contributed by atoms with E-state index in [2.05, 4.69) is 20.2 Å². The van der Waals surface area contributed by atoms with Crippen molar-refractivity contribution in [3.8, 4) is 0 Å². The van der Waals surface area contributed by atoms with Crippen molar-refractivity contribution in [3.05, 3.63) is 22.3 Å². The van der Waals surface area contributed by atoms with E-state index in [4.69, 9.17) is 29.6 Å². The van der Waals surface area contributed by atoms with Crippen LogP contribution in [0.25, 0.3) is 0 Å². The third-order valence-corrected chi connectivity index (χ3v) is 8.50. The van der Waals surface area contributed by atoms with Gasteiger partial charge in [-0.05, 0) is 17.0 Å². The molecule has 1 aromatic heterocycles. The molecule has 1 aromatic rings. The van der Waals surface area contributed by atoms with Crippen LogP contribution < -0.4 is 50.4 Å². The second-order valence-electron chi connectivity index (χ2n) is 6.49. The quantitative estimate of drug-likeness (QED) is 0.0436. The molecule has 2 atom stereocenters. The average molecular weight is 563 g/mol. The molecule has 18 heteroatoms. The molecule has 0 radical (unpaired) electrons. The molecule has 174 valence electrons. The van der Waals surface area contributed by atoms with Gasteiger partial charge < -0.3 is 21.4 Å². The van der Waals surface area contributed by atoms with E-state index in [0.717, 1.165) is 11.3 Å². The molecule has 12 nitrogen and oxygen atoms in total. The predicted octanol–water partition coefficient (Wildman–Crippen LogP) is -4.24. The first-order valence-corrected chi connectivity index (χ1v) is 13.3. The van der Waals surface area contributed by atoms with Gasteiger partial charge in [0.05, 0.1) is 0 Å².